The van der Waals surface area contributed by atoms with Gasteiger partial charge in [0.25, 0.3) is 5.56 Å². The summed E-state index contributed by atoms with van der Waals surface area (Å²) in [4.78, 5) is 27.5. The first-order chi connectivity index (χ1) is 19.1. The third-order valence-electron chi connectivity index (χ3n) is 7.89. The fraction of sp³-hybridized carbons (Fsp3) is 0.400. The molecule has 2 aromatic carbocycles. The van der Waals surface area contributed by atoms with Gasteiger partial charge in [-0.2, -0.15) is 13.2 Å². The molecular weight excluding hydrogens is 523 g/mol. The molecule has 1 N–H and O–H groups in total. The number of rotatable bonds is 7. The minimum atomic E-state index is -4.67. The number of hydrogen-bond acceptors (Lipinski definition) is 5. The number of halogens is 3. The van der Waals surface area contributed by atoms with Gasteiger partial charge < -0.3 is 19.7 Å². The number of aromatic nitrogens is 1. The van der Waals surface area contributed by atoms with Gasteiger partial charge in [-0.3, -0.25) is 14.2 Å². The van der Waals surface area contributed by atoms with Gasteiger partial charge in [0.05, 0.1) is 25.5 Å². The molecule has 0 spiro atoms. The summed E-state index contributed by atoms with van der Waals surface area (Å²) in [6, 6.07) is 9.25. The van der Waals surface area contributed by atoms with Gasteiger partial charge in [-0.1, -0.05) is 0 Å². The molecule has 212 valence electrons. The number of pyridine rings is 1. The second-order valence-corrected chi connectivity index (χ2v) is 10.3. The number of nitrogens with one attached hydrogen (secondary N) is 1. The number of alkyl halides is 3. The van der Waals surface area contributed by atoms with Crippen LogP contribution in [0.25, 0.3) is 16.8 Å². The summed E-state index contributed by atoms with van der Waals surface area (Å²) in [6.07, 6.45) is -0.131. The number of methoxy groups -OCH3 is 2. The lowest BCUT2D eigenvalue weighted by Crippen LogP contribution is -2.27. The molecule has 1 atom stereocenters. The van der Waals surface area contributed by atoms with E-state index < -0.39 is 17.3 Å². The van der Waals surface area contributed by atoms with Crippen molar-refractivity contribution in [1.82, 2.24) is 9.88 Å². The smallest absolute Gasteiger partial charge is 0.418 e. The Labute approximate surface area is 230 Å². The van der Waals surface area contributed by atoms with Gasteiger partial charge in [-0.05, 0) is 73.1 Å². The Balaban J connectivity index is 1.65. The summed E-state index contributed by atoms with van der Waals surface area (Å²) >= 11 is 0. The predicted molar refractivity (Wildman–Crippen MR) is 147 cm³/mol. The zero-order chi connectivity index (χ0) is 28.6. The Kier molecular flexibility index (Phi) is 7.53. The van der Waals surface area contributed by atoms with E-state index in [0.717, 1.165) is 29.0 Å². The largest absolute Gasteiger partial charge is 0.497 e. The first kappa shape index (κ1) is 27.6. The topological polar surface area (TPSA) is 72.8 Å². The van der Waals surface area contributed by atoms with Crippen LogP contribution in [0.4, 0.5) is 18.9 Å². The van der Waals surface area contributed by atoms with Crippen molar-refractivity contribution in [3.63, 3.8) is 0 Å². The summed E-state index contributed by atoms with van der Waals surface area (Å²) in [7, 11) is 4.65. The van der Waals surface area contributed by atoms with Crippen LogP contribution in [0.1, 0.15) is 36.0 Å². The van der Waals surface area contributed by atoms with Crippen molar-refractivity contribution in [3.8, 4) is 28.3 Å². The average molecular weight is 556 g/mol. The Morgan fingerprint density at radius 3 is 2.40 bits per heavy atom. The second-order valence-electron chi connectivity index (χ2n) is 10.3. The SMILES string of the molecule is CNC(=O)CC1CCN(c2ccc(C(F)(F)F)c(-n3cc(-c4cc(OC)cc(OC)c4)c4c(c3=O)CCC4)c2)C1. The molecule has 1 saturated heterocycles. The summed E-state index contributed by atoms with van der Waals surface area (Å²) in [5, 5.41) is 2.62. The molecule has 0 radical (unpaired) electrons. The van der Waals surface area contributed by atoms with E-state index in [1.165, 1.54) is 32.5 Å². The van der Waals surface area contributed by atoms with Crippen molar-refractivity contribution in [2.75, 3.05) is 39.3 Å². The van der Waals surface area contributed by atoms with Crippen LogP contribution in [0.15, 0.2) is 47.4 Å². The molecule has 0 bridgehead atoms. The highest BCUT2D eigenvalue weighted by Gasteiger charge is 2.36. The van der Waals surface area contributed by atoms with Crippen molar-refractivity contribution in [3.05, 3.63) is 69.6 Å². The van der Waals surface area contributed by atoms with Gasteiger partial charge in [-0.25, -0.2) is 0 Å². The summed E-state index contributed by atoms with van der Waals surface area (Å²) in [5.74, 6) is 1.11. The van der Waals surface area contributed by atoms with E-state index >= 15 is 0 Å². The first-order valence-corrected chi connectivity index (χ1v) is 13.3. The molecule has 40 heavy (non-hydrogen) atoms. The lowest BCUT2D eigenvalue weighted by atomic mass is 9.98. The van der Waals surface area contributed by atoms with Crippen molar-refractivity contribution in [2.24, 2.45) is 5.92 Å². The van der Waals surface area contributed by atoms with E-state index in [1.54, 1.807) is 25.2 Å². The molecule has 7 nitrogen and oxygen atoms in total. The van der Waals surface area contributed by atoms with Crippen LogP contribution >= 0.6 is 0 Å². The quantitative estimate of drug-likeness (QED) is 0.445. The summed E-state index contributed by atoms with van der Waals surface area (Å²) in [5.41, 5.74) is 1.80. The highest BCUT2D eigenvalue weighted by Crippen LogP contribution is 2.39. The Morgan fingerprint density at radius 2 is 1.75 bits per heavy atom. The van der Waals surface area contributed by atoms with Crippen molar-refractivity contribution in [2.45, 2.75) is 38.3 Å². The number of carbonyl (C=O) groups excluding carboxylic acids is 1. The highest BCUT2D eigenvalue weighted by molar-refractivity contribution is 5.76. The number of benzene rings is 2. The van der Waals surface area contributed by atoms with Gasteiger partial charge in [0.1, 0.15) is 11.5 Å². The Bertz CT molecular complexity index is 1480. The van der Waals surface area contributed by atoms with Crippen LogP contribution in [0.3, 0.4) is 0 Å². The molecule has 3 aromatic rings. The highest BCUT2D eigenvalue weighted by atomic mass is 19.4. The summed E-state index contributed by atoms with van der Waals surface area (Å²) < 4.78 is 54.9. The van der Waals surface area contributed by atoms with E-state index in [4.69, 9.17) is 9.47 Å². The number of fused-ring (bicyclic) bond motifs is 1. The first-order valence-electron chi connectivity index (χ1n) is 13.3. The van der Waals surface area contributed by atoms with E-state index in [9.17, 15) is 22.8 Å². The van der Waals surface area contributed by atoms with E-state index in [-0.39, 0.29) is 17.5 Å². The van der Waals surface area contributed by atoms with Crippen LogP contribution < -0.4 is 25.2 Å². The van der Waals surface area contributed by atoms with E-state index in [2.05, 4.69) is 5.32 Å². The fourth-order valence-electron chi connectivity index (χ4n) is 5.83. The minimum absolute atomic E-state index is 0.0636. The maximum Gasteiger partial charge on any atom is 0.418 e. The van der Waals surface area contributed by atoms with Gasteiger partial charge in [0.2, 0.25) is 5.91 Å². The Hall–Kier alpha value is -3.95. The van der Waals surface area contributed by atoms with E-state index in [1.807, 2.05) is 4.90 Å². The zero-order valence-electron chi connectivity index (χ0n) is 22.7. The minimum Gasteiger partial charge on any atom is -0.497 e. The lowest BCUT2D eigenvalue weighted by molar-refractivity contribution is -0.137. The van der Waals surface area contributed by atoms with E-state index in [0.29, 0.717) is 66.2 Å². The van der Waals surface area contributed by atoms with Crippen LogP contribution in [0.5, 0.6) is 11.5 Å². The second kappa shape index (κ2) is 10.9. The zero-order valence-corrected chi connectivity index (χ0v) is 22.7. The molecule has 0 saturated carbocycles. The number of nitrogens with zero attached hydrogens (tertiary/aromatic N) is 2. The van der Waals surface area contributed by atoms with Crippen LogP contribution in [-0.2, 0) is 23.8 Å². The maximum absolute atomic E-state index is 14.3. The van der Waals surface area contributed by atoms with Crippen molar-refractivity contribution >= 4 is 11.6 Å². The van der Waals surface area contributed by atoms with Gasteiger partial charge in [-0.15, -0.1) is 0 Å². The normalized spacial score (nSPS) is 16.6. The van der Waals surface area contributed by atoms with Crippen LogP contribution in [0.2, 0.25) is 0 Å². The monoisotopic (exact) mass is 555 g/mol. The molecule has 1 aromatic heterocycles. The standard InChI is InChI=1S/C30H32F3N3O4/c1-34-28(37)11-18-9-10-35(16-18)20-7-8-26(30(31,32)33)27(14-20)36-17-25(23-5-4-6-24(23)29(36)38)19-12-21(39-2)15-22(13-19)40-3/h7-8,12-15,17-18H,4-6,9-11,16H2,1-3H3,(H,34,37). The molecule has 2 heterocycles. The molecule has 1 unspecified atom stereocenters. The molecule has 1 fully saturated rings. The molecule has 1 amide bonds. The third-order valence-corrected chi connectivity index (χ3v) is 7.89. The van der Waals surface area contributed by atoms with Crippen molar-refractivity contribution in [1.29, 1.82) is 0 Å². The van der Waals surface area contributed by atoms with Gasteiger partial charge in [0.15, 0.2) is 0 Å². The Morgan fingerprint density at radius 1 is 1.05 bits per heavy atom. The number of anilines is 1. The fourth-order valence-corrected chi connectivity index (χ4v) is 5.83. The molecule has 1 aliphatic carbocycles. The molecule has 2 aliphatic rings. The van der Waals surface area contributed by atoms with Gasteiger partial charge >= 0.3 is 6.18 Å². The van der Waals surface area contributed by atoms with Crippen molar-refractivity contribution < 1.29 is 27.4 Å². The molecule has 1 aliphatic heterocycles. The molecular formula is C30H32F3N3O4. The number of hydrogen-bond donors (Lipinski definition) is 1. The number of ether oxygens (including phenoxy) is 2. The number of carbonyl (C=O) groups is 1. The third kappa shape index (κ3) is 5.26. The lowest BCUT2D eigenvalue weighted by Gasteiger charge is -2.23. The predicted octanol–water partition coefficient (Wildman–Crippen LogP) is 4.99. The maximum atomic E-state index is 14.3. The molecule has 10 heteroatoms. The summed E-state index contributed by atoms with van der Waals surface area (Å²) in [6.45, 7) is 1.16. The van der Waals surface area contributed by atoms with Crippen LogP contribution in [0, 0.1) is 5.92 Å². The van der Waals surface area contributed by atoms with Gasteiger partial charge in [0, 0.05) is 55.6 Å². The van der Waals surface area contributed by atoms with Crippen LogP contribution in [-0.4, -0.2) is 44.8 Å². The molecule has 5 rings (SSSR count). The average Bonchev–Trinajstić information content (AvgIpc) is 3.62. The number of amides is 1.